The molecule has 0 unspecified atom stereocenters. The van der Waals surface area contributed by atoms with Crippen molar-refractivity contribution in [1.82, 2.24) is 5.01 Å². The van der Waals surface area contributed by atoms with Crippen LogP contribution in [0.2, 0.25) is 0 Å². The molecule has 0 aliphatic heterocycles. The number of hydrogen-bond acceptors (Lipinski definition) is 3. The predicted molar refractivity (Wildman–Crippen MR) is 46.0 cm³/mol. The van der Waals surface area contributed by atoms with E-state index in [0.29, 0.717) is 0 Å². The minimum absolute atomic E-state index is 0.0505. The van der Waals surface area contributed by atoms with Gasteiger partial charge in [-0.2, -0.15) is 0 Å². The molecular weight excluding hydrogens is 156 g/mol. The minimum atomic E-state index is -0.611. The summed E-state index contributed by atoms with van der Waals surface area (Å²) in [5.41, 5.74) is -0.538. The maximum Gasteiger partial charge on any atom is 0.425 e. The van der Waals surface area contributed by atoms with Gasteiger partial charge in [0, 0.05) is 0 Å². The Balaban J connectivity index is 3.98. The van der Waals surface area contributed by atoms with Crippen LogP contribution in [0.5, 0.6) is 0 Å². The first-order chi connectivity index (χ1) is 5.37. The lowest BCUT2D eigenvalue weighted by Crippen LogP contribution is -2.41. The SMILES string of the molecule is C#CCN(N)C(=O)OC(C)(C)C. The highest BCUT2D eigenvalue weighted by atomic mass is 16.6. The fourth-order valence-electron chi connectivity index (χ4n) is 0.483. The van der Waals surface area contributed by atoms with Gasteiger partial charge in [0.1, 0.15) is 12.1 Å². The fourth-order valence-corrected chi connectivity index (χ4v) is 0.483. The van der Waals surface area contributed by atoms with Gasteiger partial charge in [0.15, 0.2) is 0 Å². The summed E-state index contributed by atoms with van der Waals surface area (Å²) in [6.07, 6.45) is 4.34. The lowest BCUT2D eigenvalue weighted by molar-refractivity contribution is 0.0274. The van der Waals surface area contributed by atoms with Crippen molar-refractivity contribution in [1.29, 1.82) is 0 Å². The Bertz CT molecular complexity index is 200. The first-order valence-electron chi connectivity index (χ1n) is 3.55. The summed E-state index contributed by atoms with van der Waals surface area (Å²) in [6.45, 7) is 5.33. The molecule has 0 bridgehead atoms. The van der Waals surface area contributed by atoms with E-state index in [0.717, 1.165) is 5.01 Å². The third-order valence-corrected chi connectivity index (χ3v) is 0.890. The summed E-state index contributed by atoms with van der Waals surface area (Å²) in [5, 5.41) is 0.852. The second-order valence-electron chi connectivity index (χ2n) is 3.31. The molecule has 2 N–H and O–H groups in total. The second-order valence-corrected chi connectivity index (χ2v) is 3.31. The number of terminal acetylenes is 1. The Morgan fingerprint density at radius 1 is 1.67 bits per heavy atom. The molecule has 0 heterocycles. The average molecular weight is 170 g/mol. The maximum absolute atomic E-state index is 11.0. The van der Waals surface area contributed by atoms with Crippen molar-refractivity contribution in [2.24, 2.45) is 5.84 Å². The zero-order valence-corrected chi connectivity index (χ0v) is 7.63. The molecule has 0 fully saturated rings. The highest BCUT2D eigenvalue weighted by molar-refractivity contribution is 5.67. The summed E-state index contributed by atoms with van der Waals surface area (Å²) in [6, 6.07) is 0. The highest BCUT2D eigenvalue weighted by Gasteiger charge is 2.19. The van der Waals surface area contributed by atoms with Gasteiger partial charge in [-0.15, -0.1) is 6.42 Å². The van der Waals surface area contributed by atoms with Crippen LogP contribution in [0.4, 0.5) is 4.79 Å². The van der Waals surface area contributed by atoms with Crippen LogP contribution in [0.3, 0.4) is 0 Å². The van der Waals surface area contributed by atoms with Crippen LogP contribution in [0.15, 0.2) is 0 Å². The summed E-state index contributed by atoms with van der Waals surface area (Å²) < 4.78 is 4.92. The molecule has 0 radical (unpaired) electrons. The van der Waals surface area contributed by atoms with Crippen molar-refractivity contribution < 1.29 is 9.53 Å². The number of hydrazine groups is 1. The predicted octanol–water partition coefficient (Wildman–Crippen LogP) is 0.730. The highest BCUT2D eigenvalue weighted by Crippen LogP contribution is 2.07. The van der Waals surface area contributed by atoms with Crippen LogP contribution in [0.1, 0.15) is 20.8 Å². The summed E-state index contributed by atoms with van der Waals surface area (Å²) in [5.74, 6) is 7.49. The normalized spacial score (nSPS) is 10.2. The van der Waals surface area contributed by atoms with Crippen molar-refractivity contribution in [2.45, 2.75) is 26.4 Å². The molecule has 0 spiro atoms. The van der Waals surface area contributed by atoms with Crippen LogP contribution in [-0.2, 0) is 4.74 Å². The Kier molecular flexibility index (Phi) is 3.58. The Labute approximate surface area is 72.6 Å². The molecular formula is C8H14N2O2. The Morgan fingerprint density at radius 3 is 2.50 bits per heavy atom. The Morgan fingerprint density at radius 2 is 2.17 bits per heavy atom. The number of carbonyl (C=O) groups excluding carboxylic acids is 1. The zero-order valence-electron chi connectivity index (χ0n) is 7.63. The van der Waals surface area contributed by atoms with Crippen molar-refractivity contribution in [3.63, 3.8) is 0 Å². The zero-order chi connectivity index (χ0) is 9.78. The molecule has 68 valence electrons. The maximum atomic E-state index is 11.0. The Hall–Kier alpha value is -1.21. The van der Waals surface area contributed by atoms with Gasteiger partial charge in [-0.1, -0.05) is 5.92 Å². The van der Waals surface area contributed by atoms with E-state index in [2.05, 4.69) is 5.92 Å². The number of nitrogens with two attached hydrogens (primary N) is 1. The van der Waals surface area contributed by atoms with E-state index in [1.54, 1.807) is 20.8 Å². The number of carbonyl (C=O) groups is 1. The smallest absolute Gasteiger partial charge is 0.425 e. The molecule has 0 saturated carbocycles. The van der Waals surface area contributed by atoms with E-state index >= 15 is 0 Å². The van der Waals surface area contributed by atoms with E-state index in [1.165, 1.54) is 0 Å². The lowest BCUT2D eigenvalue weighted by atomic mass is 10.2. The van der Waals surface area contributed by atoms with Gasteiger partial charge < -0.3 is 4.74 Å². The molecule has 0 aromatic carbocycles. The molecule has 1 amide bonds. The summed E-state index contributed by atoms with van der Waals surface area (Å²) in [7, 11) is 0. The summed E-state index contributed by atoms with van der Waals surface area (Å²) >= 11 is 0. The van der Waals surface area contributed by atoms with Gasteiger partial charge in [0.2, 0.25) is 0 Å². The molecule has 0 aromatic heterocycles. The van der Waals surface area contributed by atoms with E-state index in [-0.39, 0.29) is 6.54 Å². The molecule has 0 aliphatic rings. The van der Waals surface area contributed by atoms with Crippen molar-refractivity contribution >= 4 is 6.09 Å². The largest absolute Gasteiger partial charge is 0.443 e. The van der Waals surface area contributed by atoms with Gasteiger partial charge >= 0.3 is 6.09 Å². The monoisotopic (exact) mass is 170 g/mol. The third kappa shape index (κ3) is 4.58. The first-order valence-corrected chi connectivity index (χ1v) is 3.55. The number of ether oxygens (including phenoxy) is 1. The van der Waals surface area contributed by atoms with Crippen LogP contribution < -0.4 is 5.84 Å². The molecule has 0 aromatic rings. The standard InChI is InChI=1S/C8H14N2O2/c1-5-6-10(9)7(11)12-8(2,3)4/h1H,6,9H2,2-4H3. The van der Waals surface area contributed by atoms with Gasteiger partial charge in [-0.25, -0.2) is 15.6 Å². The van der Waals surface area contributed by atoms with E-state index in [9.17, 15) is 4.79 Å². The van der Waals surface area contributed by atoms with E-state index < -0.39 is 11.7 Å². The molecule has 0 aliphatic carbocycles. The second kappa shape index (κ2) is 3.98. The van der Waals surface area contributed by atoms with Crippen LogP contribution in [0, 0.1) is 12.3 Å². The lowest BCUT2D eigenvalue weighted by Gasteiger charge is -2.22. The molecule has 0 atom stereocenters. The molecule has 4 heteroatoms. The minimum Gasteiger partial charge on any atom is -0.443 e. The van der Waals surface area contributed by atoms with Crippen molar-refractivity contribution in [2.75, 3.05) is 6.54 Å². The van der Waals surface area contributed by atoms with E-state index in [1.807, 2.05) is 0 Å². The van der Waals surface area contributed by atoms with Gasteiger partial charge in [0.05, 0.1) is 0 Å². The van der Waals surface area contributed by atoms with Crippen LogP contribution in [-0.4, -0.2) is 23.2 Å². The third-order valence-electron chi connectivity index (χ3n) is 0.890. The molecule has 4 nitrogen and oxygen atoms in total. The topological polar surface area (TPSA) is 55.6 Å². The van der Waals surface area contributed by atoms with Crippen molar-refractivity contribution in [3.8, 4) is 12.3 Å². The fraction of sp³-hybridized carbons (Fsp3) is 0.625. The number of amides is 1. The molecule has 12 heavy (non-hydrogen) atoms. The quantitative estimate of drug-likeness (QED) is 0.273. The molecule has 0 rings (SSSR count). The first kappa shape index (κ1) is 10.8. The van der Waals surface area contributed by atoms with Gasteiger partial charge in [-0.05, 0) is 20.8 Å². The number of rotatable bonds is 1. The van der Waals surface area contributed by atoms with E-state index in [4.69, 9.17) is 17.0 Å². The summed E-state index contributed by atoms with van der Waals surface area (Å²) in [4.78, 5) is 11.0. The molecule has 0 saturated heterocycles. The van der Waals surface area contributed by atoms with Crippen molar-refractivity contribution in [3.05, 3.63) is 0 Å². The van der Waals surface area contributed by atoms with Crippen LogP contribution in [0.25, 0.3) is 0 Å². The van der Waals surface area contributed by atoms with Crippen LogP contribution >= 0.6 is 0 Å². The number of nitrogens with zero attached hydrogens (tertiary/aromatic N) is 1. The number of hydrogen-bond donors (Lipinski definition) is 1. The van der Waals surface area contributed by atoms with Gasteiger partial charge in [-0.3, -0.25) is 0 Å². The average Bonchev–Trinajstić information content (AvgIpc) is 1.84. The van der Waals surface area contributed by atoms with Gasteiger partial charge in [0.25, 0.3) is 0 Å².